The molecule has 1 saturated heterocycles. The largest absolute Gasteiger partial charge is 0.462 e. The molecule has 0 atom stereocenters. The number of esters is 2. The number of hydrogen-bond acceptors (Lipinski definition) is 9. The Bertz CT molecular complexity index is 1170. The number of benzene rings is 1. The molecular formula is C23H29N3O7S2. The van der Waals surface area contributed by atoms with Gasteiger partial charge in [0.2, 0.25) is 15.9 Å². The maximum atomic E-state index is 12.8. The number of carbonyl (C=O) groups is 3. The summed E-state index contributed by atoms with van der Waals surface area (Å²) in [4.78, 5) is 39.9. The van der Waals surface area contributed by atoms with Crippen molar-refractivity contribution in [3.05, 3.63) is 46.3 Å². The summed E-state index contributed by atoms with van der Waals surface area (Å²) < 4.78 is 37.2. The highest BCUT2D eigenvalue weighted by Crippen LogP contribution is 2.34. The van der Waals surface area contributed by atoms with Crippen molar-refractivity contribution in [2.24, 2.45) is 0 Å². The molecule has 0 aliphatic carbocycles. The van der Waals surface area contributed by atoms with Gasteiger partial charge in [-0.05, 0) is 38.5 Å². The molecule has 12 heteroatoms. The molecule has 3 rings (SSSR count). The second kappa shape index (κ2) is 11.8. The van der Waals surface area contributed by atoms with Crippen LogP contribution in [0.1, 0.15) is 39.4 Å². The lowest BCUT2D eigenvalue weighted by Crippen LogP contribution is -2.50. The first-order valence-electron chi connectivity index (χ1n) is 11.2. The lowest BCUT2D eigenvalue weighted by molar-refractivity contribution is -0.117. The van der Waals surface area contributed by atoms with Gasteiger partial charge in [0.1, 0.15) is 9.88 Å². The SMILES string of the molecule is CCOC(=O)c1sc(NC(=O)CN2CCN(S(=O)(=O)c3ccccc3)CC2)c(C(=O)OCC)c1C. The number of amides is 1. The average Bonchev–Trinajstić information content (AvgIpc) is 3.16. The molecule has 2 aromatic rings. The van der Waals surface area contributed by atoms with Crippen LogP contribution < -0.4 is 5.32 Å². The van der Waals surface area contributed by atoms with Gasteiger partial charge < -0.3 is 14.8 Å². The summed E-state index contributed by atoms with van der Waals surface area (Å²) in [6, 6.07) is 8.23. The van der Waals surface area contributed by atoms with E-state index in [1.165, 1.54) is 4.31 Å². The van der Waals surface area contributed by atoms with Gasteiger partial charge in [-0.1, -0.05) is 18.2 Å². The first kappa shape index (κ1) is 26.8. The van der Waals surface area contributed by atoms with E-state index in [2.05, 4.69) is 5.32 Å². The molecule has 1 aromatic carbocycles. The molecule has 1 aromatic heterocycles. The van der Waals surface area contributed by atoms with Gasteiger partial charge in [-0.2, -0.15) is 4.31 Å². The van der Waals surface area contributed by atoms with Crippen LogP contribution in [0.2, 0.25) is 0 Å². The van der Waals surface area contributed by atoms with Crippen LogP contribution in [0, 0.1) is 6.92 Å². The van der Waals surface area contributed by atoms with Crippen LogP contribution in [0.15, 0.2) is 35.2 Å². The maximum absolute atomic E-state index is 12.8. The summed E-state index contributed by atoms with van der Waals surface area (Å²) in [7, 11) is -3.59. The van der Waals surface area contributed by atoms with Gasteiger partial charge in [-0.15, -0.1) is 11.3 Å². The van der Waals surface area contributed by atoms with E-state index in [0.29, 0.717) is 18.7 Å². The fourth-order valence-electron chi connectivity index (χ4n) is 3.68. The predicted molar refractivity (Wildman–Crippen MR) is 131 cm³/mol. The Hall–Kier alpha value is -2.80. The van der Waals surface area contributed by atoms with Crippen molar-refractivity contribution in [3.8, 4) is 0 Å². The van der Waals surface area contributed by atoms with E-state index in [1.54, 1.807) is 51.1 Å². The summed E-state index contributed by atoms with van der Waals surface area (Å²) in [6.45, 7) is 6.55. The maximum Gasteiger partial charge on any atom is 0.348 e. The van der Waals surface area contributed by atoms with Crippen molar-refractivity contribution in [3.63, 3.8) is 0 Å². The van der Waals surface area contributed by atoms with Crippen molar-refractivity contribution in [2.45, 2.75) is 25.7 Å². The Labute approximate surface area is 208 Å². The molecule has 190 valence electrons. The summed E-state index contributed by atoms with van der Waals surface area (Å²) in [5, 5.41) is 2.94. The average molecular weight is 524 g/mol. The number of ether oxygens (including phenoxy) is 2. The number of thiophene rings is 1. The van der Waals surface area contributed by atoms with Gasteiger partial charge in [-0.25, -0.2) is 18.0 Å². The molecule has 1 aliphatic heterocycles. The third kappa shape index (κ3) is 6.26. The zero-order valence-electron chi connectivity index (χ0n) is 19.9. The second-order valence-corrected chi connectivity index (χ2v) is 10.7. The highest BCUT2D eigenvalue weighted by Gasteiger charge is 2.30. The number of hydrogen-bond donors (Lipinski definition) is 1. The Balaban J connectivity index is 1.66. The van der Waals surface area contributed by atoms with Crippen molar-refractivity contribution < 1.29 is 32.3 Å². The van der Waals surface area contributed by atoms with Crippen molar-refractivity contribution in [2.75, 3.05) is 51.3 Å². The zero-order chi connectivity index (χ0) is 25.6. The van der Waals surface area contributed by atoms with Gasteiger partial charge in [0.25, 0.3) is 0 Å². The molecule has 1 aliphatic rings. The summed E-state index contributed by atoms with van der Waals surface area (Å²) in [5.74, 6) is -1.59. The minimum Gasteiger partial charge on any atom is -0.462 e. The fourth-order valence-corrected chi connectivity index (χ4v) is 6.23. The van der Waals surface area contributed by atoms with E-state index >= 15 is 0 Å². The molecule has 1 fully saturated rings. The molecule has 1 N–H and O–H groups in total. The van der Waals surface area contributed by atoms with Crippen molar-refractivity contribution in [1.82, 2.24) is 9.21 Å². The number of rotatable bonds is 9. The monoisotopic (exact) mass is 523 g/mol. The van der Waals surface area contributed by atoms with Gasteiger partial charge in [0.05, 0.1) is 30.2 Å². The number of piperazine rings is 1. The highest BCUT2D eigenvalue weighted by atomic mass is 32.2. The zero-order valence-corrected chi connectivity index (χ0v) is 21.5. The normalized spacial score (nSPS) is 14.9. The smallest absolute Gasteiger partial charge is 0.348 e. The van der Waals surface area contributed by atoms with Gasteiger partial charge in [-0.3, -0.25) is 9.69 Å². The van der Waals surface area contributed by atoms with Crippen LogP contribution in [0.4, 0.5) is 5.00 Å². The van der Waals surface area contributed by atoms with Crippen LogP contribution in [-0.2, 0) is 24.3 Å². The molecule has 0 bridgehead atoms. The lowest BCUT2D eigenvalue weighted by Gasteiger charge is -2.33. The van der Waals surface area contributed by atoms with E-state index in [9.17, 15) is 22.8 Å². The summed E-state index contributed by atoms with van der Waals surface area (Å²) in [6.07, 6.45) is 0. The van der Waals surface area contributed by atoms with Crippen LogP contribution in [-0.4, -0.2) is 81.4 Å². The second-order valence-electron chi connectivity index (χ2n) is 7.74. The van der Waals surface area contributed by atoms with Gasteiger partial charge >= 0.3 is 11.9 Å². The standard InChI is InChI=1S/C23H29N3O7S2/c1-4-32-22(28)19-16(3)20(23(29)33-5-2)34-21(19)24-18(27)15-25-11-13-26(14-12-25)35(30,31)17-9-7-6-8-10-17/h6-10H,4-5,11-15H2,1-3H3,(H,24,27). The summed E-state index contributed by atoms with van der Waals surface area (Å²) >= 11 is 0.967. The molecule has 35 heavy (non-hydrogen) atoms. The Morgan fingerprint density at radius 3 is 2.17 bits per heavy atom. The molecule has 0 spiro atoms. The minimum atomic E-state index is -3.59. The topological polar surface area (TPSA) is 122 Å². The fraction of sp³-hybridized carbons (Fsp3) is 0.435. The van der Waals surface area contributed by atoms with E-state index in [4.69, 9.17) is 9.47 Å². The van der Waals surface area contributed by atoms with E-state index in [0.717, 1.165) is 11.3 Å². The number of nitrogens with zero attached hydrogens (tertiary/aromatic N) is 2. The van der Waals surface area contributed by atoms with E-state index in [-0.39, 0.29) is 59.1 Å². The highest BCUT2D eigenvalue weighted by molar-refractivity contribution is 7.89. The van der Waals surface area contributed by atoms with Crippen molar-refractivity contribution >= 4 is 44.2 Å². The molecular weight excluding hydrogens is 494 g/mol. The molecule has 2 heterocycles. The Kier molecular flexibility index (Phi) is 9.00. The van der Waals surface area contributed by atoms with Gasteiger partial charge in [0, 0.05) is 26.2 Å². The first-order chi connectivity index (χ1) is 16.7. The number of nitrogens with one attached hydrogen (secondary N) is 1. The molecule has 0 saturated carbocycles. The number of anilines is 1. The summed E-state index contributed by atoms with van der Waals surface area (Å²) in [5.41, 5.74) is 0.522. The number of carbonyl (C=O) groups excluding carboxylic acids is 3. The lowest BCUT2D eigenvalue weighted by atomic mass is 10.1. The molecule has 0 radical (unpaired) electrons. The molecule has 0 unspecified atom stereocenters. The predicted octanol–water partition coefficient (Wildman–Crippen LogP) is 2.35. The van der Waals surface area contributed by atoms with Gasteiger partial charge in [0.15, 0.2) is 0 Å². The van der Waals surface area contributed by atoms with Crippen LogP contribution >= 0.6 is 11.3 Å². The third-order valence-electron chi connectivity index (χ3n) is 5.42. The third-order valence-corrected chi connectivity index (χ3v) is 8.52. The minimum absolute atomic E-state index is 0.00712. The Morgan fingerprint density at radius 1 is 0.971 bits per heavy atom. The Morgan fingerprint density at radius 2 is 1.57 bits per heavy atom. The van der Waals surface area contributed by atoms with Crippen molar-refractivity contribution in [1.29, 1.82) is 0 Å². The van der Waals surface area contributed by atoms with E-state index in [1.807, 2.05) is 4.90 Å². The van der Waals surface area contributed by atoms with Crippen LogP contribution in [0.3, 0.4) is 0 Å². The van der Waals surface area contributed by atoms with Crippen LogP contribution in [0.25, 0.3) is 0 Å². The number of sulfonamides is 1. The van der Waals surface area contributed by atoms with E-state index < -0.39 is 22.0 Å². The molecule has 1 amide bonds. The molecule has 10 nitrogen and oxygen atoms in total. The van der Waals surface area contributed by atoms with Crippen LogP contribution in [0.5, 0.6) is 0 Å². The first-order valence-corrected chi connectivity index (χ1v) is 13.5. The quantitative estimate of drug-likeness (QED) is 0.497.